The Balaban J connectivity index is 1.64. The van der Waals surface area contributed by atoms with Crippen LogP contribution in [0.4, 0.5) is 11.4 Å². The van der Waals surface area contributed by atoms with Gasteiger partial charge in [-0.15, -0.1) is 0 Å². The Morgan fingerprint density at radius 2 is 1.66 bits per heavy atom. The van der Waals surface area contributed by atoms with Crippen LogP contribution in [0.25, 0.3) is 0 Å². The topological polar surface area (TPSA) is 73.6 Å². The minimum absolute atomic E-state index is 0.0620. The molecule has 0 fully saturated rings. The van der Waals surface area contributed by atoms with Gasteiger partial charge in [-0.25, -0.2) is 0 Å². The van der Waals surface area contributed by atoms with Crippen LogP contribution in [0.1, 0.15) is 22.3 Å². The molecule has 0 atom stereocenters. The molecule has 0 amide bonds. The van der Waals surface area contributed by atoms with Crippen molar-refractivity contribution in [3.05, 3.63) is 93.0 Å². The van der Waals surface area contributed by atoms with E-state index < -0.39 is 4.92 Å². The summed E-state index contributed by atoms with van der Waals surface area (Å²) >= 11 is 0. The van der Waals surface area contributed by atoms with Gasteiger partial charge in [-0.1, -0.05) is 23.8 Å². The van der Waals surface area contributed by atoms with Crippen molar-refractivity contribution >= 4 is 11.4 Å². The lowest BCUT2D eigenvalue weighted by Crippen LogP contribution is -2.03. The van der Waals surface area contributed by atoms with E-state index in [9.17, 15) is 10.1 Å². The number of hydrogen-bond acceptors (Lipinski definition) is 5. The minimum Gasteiger partial charge on any atom is -0.493 e. The molecule has 0 aliphatic carbocycles. The number of nitrogens with one attached hydrogen (secondary N) is 1. The summed E-state index contributed by atoms with van der Waals surface area (Å²) in [5.41, 5.74) is 5.53. The fourth-order valence-corrected chi connectivity index (χ4v) is 3.03. The lowest BCUT2D eigenvalue weighted by atomic mass is 10.1. The maximum atomic E-state index is 10.7. The fraction of sp³-hybridized carbons (Fsp3) is 0.217. The Bertz CT molecular complexity index is 1000. The van der Waals surface area contributed by atoms with Gasteiger partial charge in [0.1, 0.15) is 6.61 Å². The quantitative estimate of drug-likeness (QED) is 0.410. The number of nitro benzene ring substituents is 1. The van der Waals surface area contributed by atoms with E-state index in [-0.39, 0.29) is 5.69 Å². The fourth-order valence-electron chi connectivity index (χ4n) is 3.03. The second-order valence-electron chi connectivity index (χ2n) is 6.87. The van der Waals surface area contributed by atoms with E-state index in [0.717, 1.165) is 16.8 Å². The predicted molar refractivity (Wildman–Crippen MR) is 114 cm³/mol. The number of methoxy groups -OCH3 is 1. The molecule has 0 unspecified atom stereocenters. The minimum atomic E-state index is -0.418. The largest absolute Gasteiger partial charge is 0.493 e. The number of ether oxygens (including phenoxy) is 2. The molecule has 0 heterocycles. The van der Waals surface area contributed by atoms with Crippen molar-refractivity contribution in [3.8, 4) is 11.5 Å². The van der Waals surface area contributed by atoms with Crippen LogP contribution in [0, 0.1) is 24.0 Å². The van der Waals surface area contributed by atoms with Gasteiger partial charge in [-0.05, 0) is 60.9 Å². The zero-order valence-electron chi connectivity index (χ0n) is 16.8. The van der Waals surface area contributed by atoms with Crippen molar-refractivity contribution in [2.24, 2.45) is 0 Å². The molecule has 150 valence electrons. The smallest absolute Gasteiger partial charge is 0.269 e. The lowest BCUT2D eigenvalue weighted by Gasteiger charge is -2.14. The summed E-state index contributed by atoms with van der Waals surface area (Å²) in [6, 6.07) is 18.5. The highest BCUT2D eigenvalue weighted by Gasteiger charge is 2.08. The molecule has 0 saturated heterocycles. The average molecular weight is 392 g/mol. The summed E-state index contributed by atoms with van der Waals surface area (Å²) in [7, 11) is 1.61. The summed E-state index contributed by atoms with van der Waals surface area (Å²) in [4.78, 5) is 10.3. The molecule has 0 aliphatic heterocycles. The van der Waals surface area contributed by atoms with E-state index in [2.05, 4.69) is 37.4 Å². The van der Waals surface area contributed by atoms with Crippen LogP contribution in [0.2, 0.25) is 0 Å². The molecular weight excluding hydrogens is 368 g/mol. The molecular formula is C23H24N2O4. The number of nitrogens with zero attached hydrogens (tertiary/aromatic N) is 1. The third kappa shape index (κ3) is 5.25. The summed E-state index contributed by atoms with van der Waals surface area (Å²) in [5, 5.41) is 14.2. The summed E-state index contributed by atoms with van der Waals surface area (Å²) in [5.74, 6) is 1.27. The molecule has 0 radical (unpaired) electrons. The van der Waals surface area contributed by atoms with Crippen molar-refractivity contribution in [2.75, 3.05) is 12.4 Å². The Hall–Kier alpha value is -3.54. The van der Waals surface area contributed by atoms with Crippen LogP contribution in [0.3, 0.4) is 0 Å². The lowest BCUT2D eigenvalue weighted by molar-refractivity contribution is -0.384. The van der Waals surface area contributed by atoms with Gasteiger partial charge in [0.2, 0.25) is 0 Å². The molecule has 0 spiro atoms. The first-order valence-corrected chi connectivity index (χ1v) is 9.30. The van der Waals surface area contributed by atoms with Gasteiger partial charge in [0.15, 0.2) is 11.5 Å². The van der Waals surface area contributed by atoms with Crippen LogP contribution in [0.5, 0.6) is 11.5 Å². The monoisotopic (exact) mass is 392 g/mol. The third-order valence-electron chi connectivity index (χ3n) is 4.63. The third-order valence-corrected chi connectivity index (χ3v) is 4.63. The van der Waals surface area contributed by atoms with Crippen LogP contribution in [0.15, 0.2) is 60.7 Å². The van der Waals surface area contributed by atoms with Crippen LogP contribution in [-0.2, 0) is 13.2 Å². The highest BCUT2D eigenvalue weighted by molar-refractivity contribution is 5.53. The number of non-ortho nitro benzene ring substituents is 1. The summed E-state index contributed by atoms with van der Waals surface area (Å²) in [6.07, 6.45) is 0. The zero-order valence-corrected chi connectivity index (χ0v) is 16.8. The molecule has 6 nitrogen and oxygen atoms in total. The molecule has 0 saturated carbocycles. The second-order valence-corrected chi connectivity index (χ2v) is 6.87. The highest BCUT2D eigenvalue weighted by atomic mass is 16.6. The van der Waals surface area contributed by atoms with E-state index in [1.54, 1.807) is 19.2 Å². The molecule has 0 aliphatic rings. The standard InChI is InChI=1S/C23H24N2O4/c1-16-4-10-21(17(2)12-16)24-14-19-7-11-22(23(13-19)28-3)29-15-18-5-8-20(9-6-18)25(26)27/h4-13,24H,14-15H2,1-3H3. The molecule has 1 N–H and O–H groups in total. The van der Waals surface area contributed by atoms with Gasteiger partial charge in [-0.3, -0.25) is 10.1 Å². The van der Waals surface area contributed by atoms with Crippen LogP contribution < -0.4 is 14.8 Å². The van der Waals surface area contributed by atoms with Crippen molar-refractivity contribution in [1.82, 2.24) is 0 Å². The number of nitro groups is 1. The van der Waals surface area contributed by atoms with Gasteiger partial charge >= 0.3 is 0 Å². The number of aryl methyl sites for hydroxylation is 2. The van der Waals surface area contributed by atoms with Crippen molar-refractivity contribution in [3.63, 3.8) is 0 Å². The number of rotatable bonds is 8. The Labute approximate surface area is 170 Å². The average Bonchev–Trinajstić information content (AvgIpc) is 2.72. The Morgan fingerprint density at radius 1 is 0.931 bits per heavy atom. The van der Waals surface area contributed by atoms with Gasteiger partial charge in [0, 0.05) is 24.4 Å². The maximum Gasteiger partial charge on any atom is 0.269 e. The van der Waals surface area contributed by atoms with E-state index in [1.165, 1.54) is 23.3 Å². The molecule has 29 heavy (non-hydrogen) atoms. The van der Waals surface area contributed by atoms with Crippen molar-refractivity contribution in [1.29, 1.82) is 0 Å². The van der Waals surface area contributed by atoms with E-state index in [0.29, 0.717) is 24.7 Å². The van der Waals surface area contributed by atoms with Crippen molar-refractivity contribution < 1.29 is 14.4 Å². The first-order chi connectivity index (χ1) is 14.0. The molecule has 0 bridgehead atoms. The van der Waals surface area contributed by atoms with E-state index in [4.69, 9.17) is 9.47 Å². The van der Waals surface area contributed by atoms with Gasteiger partial charge in [0.05, 0.1) is 12.0 Å². The summed E-state index contributed by atoms with van der Waals surface area (Å²) < 4.78 is 11.3. The number of anilines is 1. The first-order valence-electron chi connectivity index (χ1n) is 9.30. The van der Waals surface area contributed by atoms with Gasteiger partial charge in [-0.2, -0.15) is 0 Å². The zero-order chi connectivity index (χ0) is 20.8. The SMILES string of the molecule is COc1cc(CNc2ccc(C)cc2C)ccc1OCc1ccc([N+](=O)[O-])cc1. The molecule has 3 aromatic rings. The van der Waals surface area contributed by atoms with Crippen molar-refractivity contribution in [2.45, 2.75) is 27.0 Å². The Kier molecular flexibility index (Phi) is 6.34. The molecule has 0 aromatic heterocycles. The van der Waals surface area contributed by atoms with Gasteiger partial charge < -0.3 is 14.8 Å². The Morgan fingerprint density at radius 3 is 2.31 bits per heavy atom. The van der Waals surface area contributed by atoms with Crippen LogP contribution >= 0.6 is 0 Å². The first kappa shape index (κ1) is 20.2. The van der Waals surface area contributed by atoms with Crippen LogP contribution in [-0.4, -0.2) is 12.0 Å². The van der Waals surface area contributed by atoms with E-state index in [1.807, 2.05) is 18.2 Å². The van der Waals surface area contributed by atoms with E-state index >= 15 is 0 Å². The molecule has 3 aromatic carbocycles. The normalized spacial score (nSPS) is 10.4. The second kappa shape index (κ2) is 9.10. The maximum absolute atomic E-state index is 10.7. The highest BCUT2D eigenvalue weighted by Crippen LogP contribution is 2.29. The number of benzene rings is 3. The summed E-state index contributed by atoms with van der Waals surface area (Å²) in [6.45, 7) is 5.14. The van der Waals surface area contributed by atoms with Gasteiger partial charge in [0.25, 0.3) is 5.69 Å². The predicted octanol–water partition coefficient (Wildman–Crippen LogP) is 5.41. The molecule has 6 heteroatoms. The molecule has 3 rings (SSSR count). The number of hydrogen-bond donors (Lipinski definition) is 1.